The van der Waals surface area contributed by atoms with Crippen molar-refractivity contribution in [3.05, 3.63) is 71.5 Å². The molecule has 0 atom stereocenters. The summed E-state index contributed by atoms with van der Waals surface area (Å²) in [7, 11) is 0. The number of hydrogen-bond acceptors (Lipinski definition) is 5. The summed E-state index contributed by atoms with van der Waals surface area (Å²) in [5.41, 5.74) is 5.54. The average Bonchev–Trinajstić information content (AvgIpc) is 2.73. The quantitative estimate of drug-likeness (QED) is 0.599. The minimum absolute atomic E-state index is 0.237. The molecule has 2 aromatic carbocycles. The zero-order valence-corrected chi connectivity index (χ0v) is 17.4. The topological polar surface area (TPSA) is 70.2 Å². The molecule has 29 heavy (non-hydrogen) atoms. The molecule has 150 valence electrons. The molecule has 0 saturated carbocycles. The highest BCUT2D eigenvalue weighted by atomic mass is 16.1. The molecule has 1 heterocycles. The summed E-state index contributed by atoms with van der Waals surface area (Å²) in [5.74, 6) is 0.218. The molecule has 0 saturated heterocycles. The van der Waals surface area contributed by atoms with Crippen molar-refractivity contribution >= 4 is 28.9 Å². The third-order valence-electron chi connectivity index (χ3n) is 4.80. The molecule has 0 unspecified atom stereocenters. The molecule has 0 radical (unpaired) electrons. The maximum absolute atomic E-state index is 12.5. The summed E-state index contributed by atoms with van der Waals surface area (Å²) in [6.07, 6.45) is 3.05. The molecule has 0 aliphatic heterocycles. The van der Waals surface area contributed by atoms with Crippen LogP contribution in [-0.2, 0) is 0 Å². The van der Waals surface area contributed by atoms with Gasteiger partial charge in [0.2, 0.25) is 5.95 Å². The summed E-state index contributed by atoms with van der Waals surface area (Å²) in [4.78, 5) is 23.3. The van der Waals surface area contributed by atoms with Gasteiger partial charge in [-0.25, -0.2) is 9.97 Å². The first-order chi connectivity index (χ1) is 14.0. The molecule has 2 N–H and O–H groups in total. The number of rotatable bonds is 7. The second-order valence-corrected chi connectivity index (χ2v) is 6.91. The van der Waals surface area contributed by atoms with Crippen molar-refractivity contribution in [1.29, 1.82) is 0 Å². The SMILES string of the molecule is CCN(CC)c1ccc(NC(=O)c2cnc(Nc3ccc(C)cc3C)nc2)cc1. The number of aryl methyl sites for hydroxylation is 2. The van der Waals surface area contributed by atoms with Gasteiger partial charge in [-0.1, -0.05) is 17.7 Å². The lowest BCUT2D eigenvalue weighted by molar-refractivity contribution is 0.102. The Morgan fingerprint density at radius 1 is 0.966 bits per heavy atom. The average molecular weight is 390 g/mol. The van der Waals surface area contributed by atoms with Crippen LogP contribution in [0.25, 0.3) is 0 Å². The molecule has 0 bridgehead atoms. The van der Waals surface area contributed by atoms with E-state index in [0.717, 1.165) is 35.7 Å². The van der Waals surface area contributed by atoms with E-state index in [1.807, 2.05) is 43.3 Å². The van der Waals surface area contributed by atoms with Crippen LogP contribution in [0.15, 0.2) is 54.9 Å². The fourth-order valence-electron chi connectivity index (χ4n) is 3.13. The lowest BCUT2D eigenvalue weighted by atomic mass is 10.1. The number of carbonyl (C=O) groups is 1. The monoisotopic (exact) mass is 389 g/mol. The van der Waals surface area contributed by atoms with Gasteiger partial charge >= 0.3 is 0 Å². The Morgan fingerprint density at radius 3 is 2.21 bits per heavy atom. The van der Waals surface area contributed by atoms with Crippen LogP contribution in [0.4, 0.5) is 23.0 Å². The van der Waals surface area contributed by atoms with E-state index in [9.17, 15) is 4.79 Å². The van der Waals surface area contributed by atoms with Gasteiger partial charge in [-0.3, -0.25) is 4.79 Å². The van der Waals surface area contributed by atoms with Crippen LogP contribution < -0.4 is 15.5 Å². The lowest BCUT2D eigenvalue weighted by Gasteiger charge is -2.21. The van der Waals surface area contributed by atoms with Crippen molar-refractivity contribution in [3.63, 3.8) is 0 Å². The molecule has 3 rings (SSSR count). The van der Waals surface area contributed by atoms with E-state index in [1.165, 1.54) is 18.0 Å². The number of nitrogens with one attached hydrogen (secondary N) is 2. The van der Waals surface area contributed by atoms with E-state index in [2.05, 4.69) is 52.3 Å². The van der Waals surface area contributed by atoms with Gasteiger partial charge in [0.05, 0.1) is 5.56 Å². The van der Waals surface area contributed by atoms with E-state index >= 15 is 0 Å². The maximum Gasteiger partial charge on any atom is 0.258 e. The third kappa shape index (κ3) is 5.10. The largest absolute Gasteiger partial charge is 0.372 e. The molecule has 6 heteroatoms. The number of aromatic nitrogens is 2. The molecular weight excluding hydrogens is 362 g/mol. The third-order valence-corrected chi connectivity index (χ3v) is 4.80. The van der Waals surface area contributed by atoms with E-state index in [4.69, 9.17) is 0 Å². The molecular formula is C23H27N5O. The van der Waals surface area contributed by atoms with Gasteiger partial charge < -0.3 is 15.5 Å². The van der Waals surface area contributed by atoms with Crippen molar-refractivity contribution in [1.82, 2.24) is 9.97 Å². The molecule has 0 aliphatic carbocycles. The normalized spacial score (nSPS) is 10.5. The van der Waals surface area contributed by atoms with Crippen LogP contribution in [0, 0.1) is 13.8 Å². The molecule has 0 fully saturated rings. The van der Waals surface area contributed by atoms with Crippen molar-refractivity contribution in [2.24, 2.45) is 0 Å². The Labute approximate surface area is 172 Å². The highest BCUT2D eigenvalue weighted by molar-refractivity contribution is 6.04. The Bertz CT molecular complexity index is 964. The number of amides is 1. The smallest absolute Gasteiger partial charge is 0.258 e. The first-order valence-electron chi connectivity index (χ1n) is 9.82. The summed E-state index contributed by atoms with van der Waals surface area (Å²) >= 11 is 0. The first-order valence-corrected chi connectivity index (χ1v) is 9.82. The van der Waals surface area contributed by atoms with Crippen molar-refractivity contribution in [2.45, 2.75) is 27.7 Å². The van der Waals surface area contributed by atoms with Crippen molar-refractivity contribution < 1.29 is 4.79 Å². The van der Waals surface area contributed by atoms with Crippen molar-refractivity contribution in [3.8, 4) is 0 Å². The van der Waals surface area contributed by atoms with Crippen LogP contribution >= 0.6 is 0 Å². The Morgan fingerprint density at radius 2 is 1.62 bits per heavy atom. The Kier molecular flexibility index (Phi) is 6.44. The summed E-state index contributed by atoms with van der Waals surface area (Å²) in [6, 6.07) is 14.0. The number of anilines is 4. The molecule has 0 aliphatic rings. The Hall–Kier alpha value is -3.41. The van der Waals surface area contributed by atoms with Crippen LogP contribution in [0.2, 0.25) is 0 Å². The predicted octanol–water partition coefficient (Wildman–Crippen LogP) is 4.94. The molecule has 3 aromatic rings. The number of nitrogens with zero attached hydrogens (tertiary/aromatic N) is 3. The highest BCUT2D eigenvalue weighted by Crippen LogP contribution is 2.20. The minimum Gasteiger partial charge on any atom is -0.372 e. The van der Waals surface area contributed by atoms with E-state index < -0.39 is 0 Å². The van der Waals surface area contributed by atoms with E-state index in [1.54, 1.807) is 0 Å². The number of hydrogen-bond donors (Lipinski definition) is 2. The number of carbonyl (C=O) groups excluding carboxylic acids is 1. The highest BCUT2D eigenvalue weighted by Gasteiger charge is 2.09. The van der Waals surface area contributed by atoms with Gasteiger partial charge in [0.1, 0.15) is 0 Å². The standard InChI is InChI=1S/C23H27N5O/c1-5-28(6-2)20-10-8-19(9-11-20)26-22(29)18-14-24-23(25-15-18)27-21-12-7-16(3)13-17(21)4/h7-15H,5-6H2,1-4H3,(H,26,29)(H,24,25,27). The molecule has 0 spiro atoms. The van der Waals surface area contributed by atoms with Gasteiger partial charge in [-0.2, -0.15) is 0 Å². The fourth-order valence-corrected chi connectivity index (χ4v) is 3.13. The van der Waals surface area contributed by atoms with E-state index in [-0.39, 0.29) is 5.91 Å². The predicted molar refractivity (Wildman–Crippen MR) is 119 cm³/mol. The minimum atomic E-state index is -0.237. The van der Waals surface area contributed by atoms with Crippen molar-refractivity contribution in [2.75, 3.05) is 28.6 Å². The van der Waals surface area contributed by atoms with Crippen LogP contribution in [0.5, 0.6) is 0 Å². The summed E-state index contributed by atoms with van der Waals surface area (Å²) in [6.45, 7) is 10.2. The zero-order valence-electron chi connectivity index (χ0n) is 17.4. The van der Waals surface area contributed by atoms with Crippen LogP contribution in [0.3, 0.4) is 0 Å². The number of benzene rings is 2. The summed E-state index contributed by atoms with van der Waals surface area (Å²) in [5, 5.41) is 6.07. The Balaban J connectivity index is 1.64. The molecule has 6 nitrogen and oxygen atoms in total. The first kappa shape index (κ1) is 20.3. The second kappa shape index (κ2) is 9.19. The summed E-state index contributed by atoms with van der Waals surface area (Å²) < 4.78 is 0. The van der Waals surface area contributed by atoms with Crippen LogP contribution in [-0.4, -0.2) is 29.0 Å². The zero-order chi connectivity index (χ0) is 20.8. The van der Waals surface area contributed by atoms with E-state index in [0.29, 0.717) is 11.5 Å². The van der Waals surface area contributed by atoms with Gasteiger partial charge in [-0.05, 0) is 63.6 Å². The molecule has 1 aromatic heterocycles. The fraction of sp³-hybridized carbons (Fsp3) is 0.261. The second-order valence-electron chi connectivity index (χ2n) is 6.91. The van der Waals surface area contributed by atoms with Gasteiger partial charge in [0.25, 0.3) is 5.91 Å². The van der Waals surface area contributed by atoms with Gasteiger partial charge in [0, 0.05) is 42.5 Å². The molecule has 1 amide bonds. The van der Waals surface area contributed by atoms with Gasteiger partial charge in [0.15, 0.2) is 0 Å². The van der Waals surface area contributed by atoms with Crippen LogP contribution in [0.1, 0.15) is 35.3 Å². The maximum atomic E-state index is 12.5. The lowest BCUT2D eigenvalue weighted by Crippen LogP contribution is -2.21. The van der Waals surface area contributed by atoms with Gasteiger partial charge in [-0.15, -0.1) is 0 Å².